The molecule has 0 amide bonds. The van der Waals surface area contributed by atoms with Gasteiger partial charge in [0.2, 0.25) is 0 Å². The van der Waals surface area contributed by atoms with Crippen LogP contribution in [0.15, 0.2) is 0 Å². The van der Waals surface area contributed by atoms with E-state index in [1.807, 2.05) is 6.92 Å². The fourth-order valence-corrected chi connectivity index (χ4v) is 2.65. The molecular formula is C9H19NOS. The SMILES string of the molecule is CC(O)CNCC1CCSCC1. The van der Waals surface area contributed by atoms with Crippen LogP contribution in [0.4, 0.5) is 0 Å². The third-order valence-electron chi connectivity index (χ3n) is 2.21. The molecule has 0 saturated carbocycles. The van der Waals surface area contributed by atoms with Crippen LogP contribution >= 0.6 is 11.8 Å². The molecule has 0 aromatic rings. The number of hydrogen-bond acceptors (Lipinski definition) is 3. The van der Waals surface area contributed by atoms with Crippen molar-refractivity contribution in [1.82, 2.24) is 5.32 Å². The van der Waals surface area contributed by atoms with Crippen molar-refractivity contribution in [1.29, 1.82) is 0 Å². The highest BCUT2D eigenvalue weighted by molar-refractivity contribution is 7.99. The van der Waals surface area contributed by atoms with E-state index in [4.69, 9.17) is 5.11 Å². The lowest BCUT2D eigenvalue weighted by Gasteiger charge is -2.21. The fraction of sp³-hybridized carbons (Fsp3) is 1.00. The molecule has 1 aliphatic heterocycles. The van der Waals surface area contributed by atoms with Crippen molar-refractivity contribution in [3.8, 4) is 0 Å². The molecule has 72 valence electrons. The van der Waals surface area contributed by atoms with Crippen LogP contribution in [0.2, 0.25) is 0 Å². The average molecular weight is 189 g/mol. The van der Waals surface area contributed by atoms with E-state index in [-0.39, 0.29) is 6.10 Å². The van der Waals surface area contributed by atoms with E-state index >= 15 is 0 Å². The zero-order valence-corrected chi connectivity index (χ0v) is 8.57. The largest absolute Gasteiger partial charge is 0.392 e. The summed E-state index contributed by atoms with van der Waals surface area (Å²) in [5.74, 6) is 3.49. The molecule has 0 aromatic carbocycles. The van der Waals surface area contributed by atoms with Gasteiger partial charge in [-0.1, -0.05) is 0 Å². The highest BCUT2D eigenvalue weighted by Gasteiger charge is 2.12. The number of hydrogen-bond donors (Lipinski definition) is 2. The summed E-state index contributed by atoms with van der Waals surface area (Å²) in [5, 5.41) is 12.3. The summed E-state index contributed by atoms with van der Waals surface area (Å²) in [4.78, 5) is 0. The first kappa shape index (κ1) is 10.4. The maximum Gasteiger partial charge on any atom is 0.0636 e. The lowest BCUT2D eigenvalue weighted by atomic mass is 10.0. The van der Waals surface area contributed by atoms with Gasteiger partial charge in [0.05, 0.1) is 6.10 Å². The van der Waals surface area contributed by atoms with Gasteiger partial charge in [0.1, 0.15) is 0 Å². The molecule has 2 nitrogen and oxygen atoms in total. The van der Waals surface area contributed by atoms with Crippen molar-refractivity contribution in [3.63, 3.8) is 0 Å². The highest BCUT2D eigenvalue weighted by atomic mass is 32.2. The molecule has 0 spiro atoms. The van der Waals surface area contributed by atoms with Crippen LogP contribution in [0.25, 0.3) is 0 Å². The molecule has 1 aliphatic rings. The first-order valence-corrected chi connectivity index (χ1v) is 5.91. The predicted molar refractivity (Wildman–Crippen MR) is 54.6 cm³/mol. The van der Waals surface area contributed by atoms with Gasteiger partial charge in [-0.3, -0.25) is 0 Å². The van der Waals surface area contributed by atoms with Gasteiger partial charge in [-0.15, -0.1) is 0 Å². The van der Waals surface area contributed by atoms with Crippen LogP contribution in [0.5, 0.6) is 0 Å². The molecule has 1 rings (SSSR count). The molecule has 1 heterocycles. The number of aliphatic hydroxyl groups excluding tert-OH is 1. The number of nitrogens with one attached hydrogen (secondary N) is 1. The molecule has 1 saturated heterocycles. The van der Waals surface area contributed by atoms with Crippen LogP contribution in [0.1, 0.15) is 19.8 Å². The Morgan fingerprint density at radius 3 is 2.75 bits per heavy atom. The third kappa shape index (κ3) is 4.33. The van der Waals surface area contributed by atoms with Crippen LogP contribution < -0.4 is 5.32 Å². The van der Waals surface area contributed by atoms with E-state index < -0.39 is 0 Å². The van der Waals surface area contributed by atoms with Gasteiger partial charge in [0.25, 0.3) is 0 Å². The van der Waals surface area contributed by atoms with E-state index in [9.17, 15) is 0 Å². The summed E-state index contributed by atoms with van der Waals surface area (Å²) in [5.41, 5.74) is 0. The summed E-state index contributed by atoms with van der Waals surface area (Å²) < 4.78 is 0. The summed E-state index contributed by atoms with van der Waals surface area (Å²) in [6.07, 6.45) is 2.48. The Morgan fingerprint density at radius 1 is 1.50 bits per heavy atom. The van der Waals surface area contributed by atoms with E-state index in [0.29, 0.717) is 0 Å². The quantitative estimate of drug-likeness (QED) is 0.694. The Balaban J connectivity index is 1.98. The zero-order chi connectivity index (χ0) is 8.81. The summed E-state index contributed by atoms with van der Waals surface area (Å²) in [7, 11) is 0. The van der Waals surface area contributed by atoms with Crippen molar-refractivity contribution in [2.45, 2.75) is 25.9 Å². The van der Waals surface area contributed by atoms with Crippen LogP contribution in [0.3, 0.4) is 0 Å². The van der Waals surface area contributed by atoms with E-state index in [1.165, 1.54) is 24.3 Å². The average Bonchev–Trinajstić information content (AvgIpc) is 2.05. The Labute approximate surface area is 79.1 Å². The molecular weight excluding hydrogens is 170 g/mol. The lowest BCUT2D eigenvalue weighted by molar-refractivity contribution is 0.188. The Hall–Kier alpha value is 0.270. The molecule has 0 bridgehead atoms. The minimum atomic E-state index is -0.206. The van der Waals surface area contributed by atoms with Crippen molar-refractivity contribution in [3.05, 3.63) is 0 Å². The number of thioether (sulfide) groups is 1. The smallest absolute Gasteiger partial charge is 0.0636 e. The first-order valence-electron chi connectivity index (χ1n) is 4.75. The second kappa shape index (κ2) is 5.84. The second-order valence-electron chi connectivity index (χ2n) is 3.56. The summed E-state index contributed by atoms with van der Waals surface area (Å²) in [6, 6.07) is 0. The molecule has 2 N–H and O–H groups in total. The zero-order valence-electron chi connectivity index (χ0n) is 7.75. The number of rotatable bonds is 4. The molecule has 12 heavy (non-hydrogen) atoms. The molecule has 0 aromatic heterocycles. The van der Waals surface area contributed by atoms with Gasteiger partial charge in [-0.25, -0.2) is 0 Å². The second-order valence-corrected chi connectivity index (χ2v) is 4.79. The Kier molecular flexibility index (Phi) is 5.04. The maximum atomic E-state index is 9.02. The fourth-order valence-electron chi connectivity index (χ4n) is 1.45. The third-order valence-corrected chi connectivity index (χ3v) is 3.26. The predicted octanol–water partition coefficient (Wildman–Crippen LogP) is 1.10. The Bertz CT molecular complexity index is 113. The Morgan fingerprint density at radius 2 is 2.17 bits per heavy atom. The molecule has 0 radical (unpaired) electrons. The van der Waals surface area contributed by atoms with Gasteiger partial charge in [0.15, 0.2) is 0 Å². The number of aliphatic hydroxyl groups is 1. The van der Waals surface area contributed by atoms with Gasteiger partial charge in [-0.2, -0.15) is 11.8 Å². The van der Waals surface area contributed by atoms with Gasteiger partial charge >= 0.3 is 0 Å². The standard InChI is InChI=1S/C9H19NOS/c1-8(11)6-10-7-9-2-4-12-5-3-9/h8-11H,2-7H2,1H3. The van der Waals surface area contributed by atoms with Crippen molar-refractivity contribution < 1.29 is 5.11 Å². The van der Waals surface area contributed by atoms with E-state index in [2.05, 4.69) is 17.1 Å². The topological polar surface area (TPSA) is 32.3 Å². The van der Waals surface area contributed by atoms with Crippen LogP contribution in [-0.4, -0.2) is 35.8 Å². The normalized spacial score (nSPS) is 22.5. The van der Waals surface area contributed by atoms with Gasteiger partial charge in [0, 0.05) is 6.54 Å². The summed E-state index contributed by atoms with van der Waals surface area (Å²) in [6.45, 7) is 3.65. The van der Waals surface area contributed by atoms with Crippen molar-refractivity contribution in [2.24, 2.45) is 5.92 Å². The molecule has 1 fully saturated rings. The highest BCUT2D eigenvalue weighted by Crippen LogP contribution is 2.21. The first-order chi connectivity index (χ1) is 5.79. The maximum absolute atomic E-state index is 9.02. The molecule has 3 heteroatoms. The molecule has 1 unspecified atom stereocenters. The molecule has 0 aliphatic carbocycles. The van der Waals surface area contributed by atoms with E-state index in [0.717, 1.165) is 19.0 Å². The van der Waals surface area contributed by atoms with Gasteiger partial charge < -0.3 is 10.4 Å². The van der Waals surface area contributed by atoms with Crippen molar-refractivity contribution >= 4 is 11.8 Å². The molecule has 1 atom stereocenters. The minimum absolute atomic E-state index is 0.206. The minimum Gasteiger partial charge on any atom is -0.392 e. The monoisotopic (exact) mass is 189 g/mol. The van der Waals surface area contributed by atoms with E-state index in [1.54, 1.807) is 0 Å². The summed E-state index contributed by atoms with van der Waals surface area (Å²) >= 11 is 2.06. The van der Waals surface area contributed by atoms with Gasteiger partial charge in [-0.05, 0) is 43.7 Å². The van der Waals surface area contributed by atoms with Crippen LogP contribution in [-0.2, 0) is 0 Å². The van der Waals surface area contributed by atoms with Crippen LogP contribution in [0, 0.1) is 5.92 Å². The van der Waals surface area contributed by atoms with Crippen molar-refractivity contribution in [2.75, 3.05) is 24.6 Å². The lowest BCUT2D eigenvalue weighted by Crippen LogP contribution is -2.30.